The largest absolute Gasteiger partial charge is 0.465 e. The molecule has 1 heterocycles. The van der Waals surface area contributed by atoms with E-state index in [4.69, 9.17) is 14.9 Å². The van der Waals surface area contributed by atoms with Crippen LogP contribution in [0, 0.1) is 6.92 Å². The number of hydrogen-bond donors (Lipinski definition) is 2. The number of amides is 1. The molecule has 114 valence electrons. The molecule has 7 nitrogen and oxygen atoms in total. The molecule has 1 atom stereocenters. The molecule has 0 aromatic carbocycles. The number of hydrogen-bond acceptors (Lipinski definition) is 6. The normalized spacial score (nSPS) is 11.4. The number of ether oxygens (including phenoxy) is 2. The van der Waals surface area contributed by atoms with Crippen molar-refractivity contribution in [3.05, 3.63) is 23.2 Å². The fourth-order valence-electron chi connectivity index (χ4n) is 1.50. The van der Waals surface area contributed by atoms with E-state index in [0.717, 1.165) is 0 Å². The first-order valence-electron chi connectivity index (χ1n) is 5.69. The quantitative estimate of drug-likeness (QED) is 0.737. The molecule has 20 heavy (non-hydrogen) atoms. The second-order valence-electron chi connectivity index (χ2n) is 3.95. The molecule has 8 heteroatoms. The Kier molecular flexibility index (Phi) is 7.90. The minimum atomic E-state index is -0.735. The van der Waals surface area contributed by atoms with Gasteiger partial charge in [0.15, 0.2) is 0 Å². The third kappa shape index (κ3) is 4.84. The summed E-state index contributed by atoms with van der Waals surface area (Å²) >= 11 is 0. The molecule has 1 rings (SSSR count). The molecule has 0 aliphatic rings. The fourth-order valence-corrected chi connectivity index (χ4v) is 1.50. The van der Waals surface area contributed by atoms with Crippen molar-refractivity contribution in [3.63, 3.8) is 0 Å². The Balaban J connectivity index is 0.00000361. The minimum Gasteiger partial charge on any atom is -0.465 e. The molecule has 1 amide bonds. The Labute approximate surface area is 123 Å². The van der Waals surface area contributed by atoms with Gasteiger partial charge in [-0.15, -0.1) is 12.4 Å². The summed E-state index contributed by atoms with van der Waals surface area (Å²) < 4.78 is 14.7. The van der Waals surface area contributed by atoms with E-state index < -0.39 is 12.0 Å². The van der Waals surface area contributed by atoms with Gasteiger partial charge in [-0.25, -0.2) is 4.79 Å². The molecule has 3 N–H and O–H groups in total. The predicted octanol–water partition coefficient (Wildman–Crippen LogP) is 0.386. The van der Waals surface area contributed by atoms with Crippen LogP contribution in [-0.4, -0.2) is 38.7 Å². The van der Waals surface area contributed by atoms with Gasteiger partial charge in [0.05, 0.1) is 20.3 Å². The summed E-state index contributed by atoms with van der Waals surface area (Å²) in [5.41, 5.74) is 5.90. The molecule has 0 spiro atoms. The lowest BCUT2D eigenvalue weighted by Crippen LogP contribution is -2.43. The highest BCUT2D eigenvalue weighted by Crippen LogP contribution is 2.15. The SMILES string of the molecule is COCC(N)C(=O)NCc1cc(C(=O)OC)c(C)o1.Cl. The lowest BCUT2D eigenvalue weighted by Gasteiger charge is -2.09. The van der Waals surface area contributed by atoms with Gasteiger partial charge in [0.25, 0.3) is 0 Å². The second kappa shape index (κ2) is 8.57. The Morgan fingerprint density at radius 1 is 1.45 bits per heavy atom. The molecule has 0 radical (unpaired) electrons. The van der Waals surface area contributed by atoms with Crippen LogP contribution in [0.1, 0.15) is 21.9 Å². The molecule has 1 aromatic heterocycles. The maximum absolute atomic E-state index is 11.5. The van der Waals surface area contributed by atoms with Gasteiger partial charge in [-0.05, 0) is 13.0 Å². The highest BCUT2D eigenvalue weighted by molar-refractivity contribution is 5.90. The van der Waals surface area contributed by atoms with Gasteiger partial charge in [0.1, 0.15) is 23.1 Å². The predicted molar refractivity (Wildman–Crippen MR) is 73.7 cm³/mol. The third-order valence-electron chi connectivity index (χ3n) is 2.49. The molecule has 1 unspecified atom stereocenters. The van der Waals surface area contributed by atoms with Gasteiger partial charge in [0, 0.05) is 7.11 Å². The highest BCUT2D eigenvalue weighted by Gasteiger charge is 2.17. The van der Waals surface area contributed by atoms with Crippen molar-refractivity contribution in [2.75, 3.05) is 20.8 Å². The molecule has 0 saturated heterocycles. The van der Waals surface area contributed by atoms with Crippen molar-refractivity contribution in [1.82, 2.24) is 5.32 Å². The Morgan fingerprint density at radius 3 is 2.65 bits per heavy atom. The van der Waals surface area contributed by atoms with Crippen LogP contribution in [0.3, 0.4) is 0 Å². The molecule has 1 aromatic rings. The van der Waals surface area contributed by atoms with Crippen molar-refractivity contribution < 1.29 is 23.5 Å². The zero-order valence-electron chi connectivity index (χ0n) is 11.6. The van der Waals surface area contributed by atoms with Crippen LogP contribution in [0.2, 0.25) is 0 Å². The number of esters is 1. The summed E-state index contributed by atoms with van der Waals surface area (Å²) in [4.78, 5) is 22.9. The van der Waals surface area contributed by atoms with Crippen LogP contribution in [0.4, 0.5) is 0 Å². The summed E-state index contributed by atoms with van der Waals surface area (Å²) in [6, 6.07) is 0.796. The van der Waals surface area contributed by atoms with Gasteiger partial charge in [-0.2, -0.15) is 0 Å². The fraction of sp³-hybridized carbons (Fsp3) is 0.500. The van der Waals surface area contributed by atoms with Crippen LogP contribution in [0.25, 0.3) is 0 Å². The van der Waals surface area contributed by atoms with Crippen LogP contribution in [0.15, 0.2) is 10.5 Å². The van der Waals surface area contributed by atoms with Crippen LogP contribution < -0.4 is 11.1 Å². The monoisotopic (exact) mass is 306 g/mol. The second-order valence-corrected chi connectivity index (χ2v) is 3.95. The average molecular weight is 307 g/mol. The van der Waals surface area contributed by atoms with E-state index in [1.807, 2.05) is 0 Å². The molecule has 0 saturated carbocycles. The zero-order chi connectivity index (χ0) is 14.4. The summed E-state index contributed by atoms with van der Waals surface area (Å²) in [6.45, 7) is 1.93. The molecule has 0 aliphatic carbocycles. The number of rotatable bonds is 6. The van der Waals surface area contributed by atoms with Crippen molar-refractivity contribution >= 4 is 24.3 Å². The van der Waals surface area contributed by atoms with Crippen molar-refractivity contribution in [1.29, 1.82) is 0 Å². The van der Waals surface area contributed by atoms with Crippen molar-refractivity contribution in [3.8, 4) is 0 Å². The van der Waals surface area contributed by atoms with Gasteiger partial charge < -0.3 is 24.9 Å². The van der Waals surface area contributed by atoms with E-state index in [1.54, 1.807) is 6.92 Å². The number of methoxy groups -OCH3 is 2. The molecule has 0 aliphatic heterocycles. The first-order valence-corrected chi connectivity index (χ1v) is 5.69. The van der Waals surface area contributed by atoms with Crippen molar-refractivity contribution in [2.45, 2.75) is 19.5 Å². The summed E-state index contributed by atoms with van der Waals surface area (Å²) in [5, 5.41) is 2.59. The standard InChI is InChI=1S/C12H18N2O5.ClH/c1-7-9(12(16)18-3)4-8(19-7)5-14-11(15)10(13)6-17-2;/h4,10H,5-6,13H2,1-3H3,(H,14,15);1H. The van der Waals surface area contributed by atoms with E-state index in [-0.39, 0.29) is 31.5 Å². The minimum absolute atomic E-state index is 0. The van der Waals surface area contributed by atoms with E-state index in [2.05, 4.69) is 10.1 Å². The smallest absolute Gasteiger partial charge is 0.341 e. The lowest BCUT2D eigenvalue weighted by atomic mass is 10.2. The number of halogens is 1. The maximum Gasteiger partial charge on any atom is 0.341 e. The zero-order valence-corrected chi connectivity index (χ0v) is 12.4. The topological polar surface area (TPSA) is 104 Å². The molecular weight excluding hydrogens is 288 g/mol. The Hall–Kier alpha value is -1.57. The number of furan rings is 1. The number of carbonyl (C=O) groups is 2. The van der Waals surface area contributed by atoms with Crippen LogP contribution >= 0.6 is 12.4 Å². The summed E-state index contributed by atoms with van der Waals surface area (Å²) in [5.74, 6) is 0.0681. The van der Waals surface area contributed by atoms with E-state index in [9.17, 15) is 9.59 Å². The lowest BCUT2D eigenvalue weighted by molar-refractivity contribution is -0.123. The summed E-state index contributed by atoms with van der Waals surface area (Å²) in [7, 11) is 2.76. The molecule has 0 fully saturated rings. The number of nitrogens with two attached hydrogens (primary N) is 1. The van der Waals surface area contributed by atoms with Gasteiger partial charge in [-0.1, -0.05) is 0 Å². The molecular formula is C12H19ClN2O5. The Bertz CT molecular complexity index is 461. The first kappa shape index (κ1) is 18.4. The van der Waals surface area contributed by atoms with Gasteiger partial charge in [-0.3, -0.25) is 4.79 Å². The third-order valence-corrected chi connectivity index (χ3v) is 2.49. The van der Waals surface area contributed by atoms with Gasteiger partial charge in [0.2, 0.25) is 5.91 Å². The van der Waals surface area contributed by atoms with Gasteiger partial charge >= 0.3 is 5.97 Å². The highest BCUT2D eigenvalue weighted by atomic mass is 35.5. The number of nitrogens with one attached hydrogen (secondary N) is 1. The summed E-state index contributed by atoms with van der Waals surface area (Å²) in [6.07, 6.45) is 0. The van der Waals surface area contributed by atoms with Crippen molar-refractivity contribution in [2.24, 2.45) is 5.73 Å². The maximum atomic E-state index is 11.5. The Morgan fingerprint density at radius 2 is 2.10 bits per heavy atom. The van der Waals surface area contributed by atoms with Crippen LogP contribution in [0.5, 0.6) is 0 Å². The molecule has 0 bridgehead atoms. The average Bonchev–Trinajstić information content (AvgIpc) is 2.76. The first-order chi connectivity index (χ1) is 8.99. The van der Waals surface area contributed by atoms with E-state index >= 15 is 0 Å². The number of carbonyl (C=O) groups excluding carboxylic acids is 2. The number of aryl methyl sites for hydroxylation is 1. The van der Waals surface area contributed by atoms with Crippen LogP contribution in [-0.2, 0) is 20.8 Å². The van der Waals surface area contributed by atoms with E-state index in [1.165, 1.54) is 20.3 Å². The van der Waals surface area contributed by atoms with E-state index in [0.29, 0.717) is 17.1 Å².